The summed E-state index contributed by atoms with van der Waals surface area (Å²) in [6.45, 7) is 0.228. The number of sulfonamides is 1. The number of halogens is 1. The quantitative estimate of drug-likeness (QED) is 0.830. The van der Waals surface area contributed by atoms with Crippen LogP contribution >= 0.6 is 11.6 Å². The van der Waals surface area contributed by atoms with Gasteiger partial charge >= 0.3 is 0 Å². The van der Waals surface area contributed by atoms with E-state index in [9.17, 15) is 13.2 Å². The number of hydrogen-bond donors (Lipinski definition) is 0. The molecule has 0 saturated carbocycles. The lowest BCUT2D eigenvalue weighted by Gasteiger charge is -2.25. The predicted octanol–water partition coefficient (Wildman–Crippen LogP) is 1.57. The molecule has 0 atom stereocenters. The van der Waals surface area contributed by atoms with Crippen LogP contribution in [0, 0.1) is 11.3 Å². The van der Waals surface area contributed by atoms with Crippen molar-refractivity contribution in [3.05, 3.63) is 28.8 Å². The molecule has 1 aromatic carbocycles. The normalized spacial score (nSPS) is 17.2. The number of hydrogen-bond acceptors (Lipinski definition) is 4. The first kappa shape index (κ1) is 14.0. The average molecular weight is 299 g/mol. The topological polar surface area (TPSA) is 78.2 Å². The molecule has 0 spiro atoms. The van der Waals surface area contributed by atoms with E-state index in [1.807, 2.05) is 6.07 Å². The van der Waals surface area contributed by atoms with Crippen molar-refractivity contribution in [2.75, 3.05) is 13.1 Å². The highest BCUT2D eigenvalue weighted by atomic mass is 35.5. The summed E-state index contributed by atoms with van der Waals surface area (Å²) < 4.78 is 25.8. The number of nitrogens with zero attached hydrogens (tertiary/aromatic N) is 2. The molecule has 100 valence electrons. The second-order valence-electron chi connectivity index (χ2n) is 4.23. The van der Waals surface area contributed by atoms with Gasteiger partial charge in [0.05, 0.1) is 22.0 Å². The van der Waals surface area contributed by atoms with Gasteiger partial charge in [-0.2, -0.15) is 9.57 Å². The van der Waals surface area contributed by atoms with Crippen molar-refractivity contribution in [1.29, 1.82) is 5.26 Å². The van der Waals surface area contributed by atoms with Crippen molar-refractivity contribution in [2.45, 2.75) is 17.7 Å². The lowest BCUT2D eigenvalue weighted by Crippen LogP contribution is -2.40. The van der Waals surface area contributed by atoms with E-state index in [0.29, 0.717) is 19.4 Å². The van der Waals surface area contributed by atoms with E-state index in [2.05, 4.69) is 0 Å². The number of carbonyl (C=O) groups is 1. The van der Waals surface area contributed by atoms with Gasteiger partial charge < -0.3 is 0 Å². The molecule has 0 bridgehead atoms. The average Bonchev–Trinajstić information content (AvgIpc) is 2.38. The van der Waals surface area contributed by atoms with Gasteiger partial charge in [-0.25, -0.2) is 8.42 Å². The molecule has 1 aromatic rings. The first-order valence-corrected chi connectivity index (χ1v) is 7.48. The van der Waals surface area contributed by atoms with E-state index in [4.69, 9.17) is 16.9 Å². The van der Waals surface area contributed by atoms with Crippen LogP contribution in [0.1, 0.15) is 18.4 Å². The van der Waals surface area contributed by atoms with Crippen LogP contribution in [0.4, 0.5) is 0 Å². The Morgan fingerprint density at radius 1 is 1.37 bits per heavy atom. The molecule has 0 unspecified atom stereocenters. The molecular weight excluding hydrogens is 288 g/mol. The molecule has 0 amide bonds. The van der Waals surface area contributed by atoms with Crippen molar-refractivity contribution >= 4 is 27.4 Å². The van der Waals surface area contributed by atoms with E-state index in [1.165, 1.54) is 18.2 Å². The van der Waals surface area contributed by atoms with E-state index in [1.54, 1.807) is 0 Å². The Balaban J connectivity index is 2.37. The van der Waals surface area contributed by atoms with Crippen LogP contribution in [0.5, 0.6) is 0 Å². The number of rotatable bonds is 2. The minimum atomic E-state index is -3.72. The molecule has 5 nitrogen and oxygen atoms in total. The van der Waals surface area contributed by atoms with E-state index >= 15 is 0 Å². The largest absolute Gasteiger partial charge is 0.298 e. The molecule has 1 heterocycles. The van der Waals surface area contributed by atoms with Crippen LogP contribution < -0.4 is 0 Å². The number of carbonyl (C=O) groups excluding carboxylic acids is 1. The van der Waals surface area contributed by atoms with Gasteiger partial charge in [-0.3, -0.25) is 4.79 Å². The van der Waals surface area contributed by atoms with Gasteiger partial charge in [-0.05, 0) is 24.6 Å². The second-order valence-corrected chi connectivity index (χ2v) is 6.58. The summed E-state index contributed by atoms with van der Waals surface area (Å²) in [4.78, 5) is 11.3. The minimum Gasteiger partial charge on any atom is -0.298 e. The molecule has 1 aliphatic rings. The maximum absolute atomic E-state index is 12.3. The van der Waals surface area contributed by atoms with E-state index in [-0.39, 0.29) is 27.8 Å². The number of ketones is 1. The molecule has 19 heavy (non-hydrogen) atoms. The molecule has 0 aromatic heterocycles. The van der Waals surface area contributed by atoms with Gasteiger partial charge in [0, 0.05) is 13.0 Å². The highest BCUT2D eigenvalue weighted by Gasteiger charge is 2.29. The Hall–Kier alpha value is -1.42. The number of benzene rings is 1. The van der Waals surface area contributed by atoms with Crippen molar-refractivity contribution in [2.24, 2.45) is 0 Å². The molecule has 0 N–H and O–H groups in total. The highest BCUT2D eigenvalue weighted by molar-refractivity contribution is 7.89. The summed E-state index contributed by atoms with van der Waals surface area (Å²) in [6.07, 6.45) is 0.947. The molecule has 1 saturated heterocycles. The van der Waals surface area contributed by atoms with Gasteiger partial charge in [0.15, 0.2) is 0 Å². The van der Waals surface area contributed by atoms with Crippen LogP contribution in [0.2, 0.25) is 5.02 Å². The Morgan fingerprint density at radius 3 is 2.68 bits per heavy atom. The zero-order valence-electron chi connectivity index (χ0n) is 9.97. The Labute approximate surface area is 116 Å². The Bertz CT molecular complexity index is 664. The third-order valence-electron chi connectivity index (χ3n) is 2.91. The summed E-state index contributed by atoms with van der Waals surface area (Å²) in [5, 5.41) is 8.85. The molecule has 7 heteroatoms. The lowest BCUT2D eigenvalue weighted by molar-refractivity contribution is -0.120. The maximum atomic E-state index is 12.3. The van der Waals surface area contributed by atoms with Gasteiger partial charge in [0.2, 0.25) is 10.0 Å². The third kappa shape index (κ3) is 2.78. The Kier molecular flexibility index (Phi) is 3.90. The Morgan fingerprint density at radius 2 is 2.11 bits per heavy atom. The van der Waals surface area contributed by atoms with Gasteiger partial charge in [0.1, 0.15) is 11.9 Å². The van der Waals surface area contributed by atoms with E-state index in [0.717, 1.165) is 4.31 Å². The fraction of sp³-hybridized carbons (Fsp3) is 0.333. The summed E-state index contributed by atoms with van der Waals surface area (Å²) in [5.74, 6) is -0.0884. The predicted molar refractivity (Wildman–Crippen MR) is 69.2 cm³/mol. The van der Waals surface area contributed by atoms with Crippen molar-refractivity contribution < 1.29 is 13.2 Å². The smallest absolute Gasteiger partial charge is 0.243 e. The van der Waals surface area contributed by atoms with Gasteiger partial charge in [-0.15, -0.1) is 0 Å². The molecule has 1 fully saturated rings. The summed E-state index contributed by atoms with van der Waals surface area (Å²) in [6, 6.07) is 5.80. The van der Waals surface area contributed by atoms with Crippen LogP contribution in [0.25, 0.3) is 0 Å². The lowest BCUT2D eigenvalue weighted by atomic mass is 10.1. The standard InChI is InChI=1S/C12H11ClN2O3S/c13-12-6-11(4-3-9(12)7-14)19(17,18)15-5-1-2-10(16)8-15/h3-4,6H,1-2,5,8H2. The molecular formula is C12H11ClN2O3S. The summed E-state index contributed by atoms with van der Waals surface area (Å²) in [7, 11) is -3.72. The van der Waals surface area contributed by atoms with Crippen LogP contribution in [0.3, 0.4) is 0 Å². The first-order valence-electron chi connectivity index (χ1n) is 5.66. The van der Waals surface area contributed by atoms with E-state index < -0.39 is 10.0 Å². The number of nitriles is 1. The van der Waals surface area contributed by atoms with Crippen LogP contribution in [-0.4, -0.2) is 31.6 Å². The molecule has 1 aliphatic heterocycles. The van der Waals surface area contributed by atoms with Gasteiger partial charge in [-0.1, -0.05) is 11.6 Å². The molecule has 0 aliphatic carbocycles. The fourth-order valence-electron chi connectivity index (χ4n) is 1.91. The molecule has 2 rings (SSSR count). The minimum absolute atomic E-state index is 0.00574. The first-order chi connectivity index (χ1) is 8.95. The summed E-state index contributed by atoms with van der Waals surface area (Å²) in [5.41, 5.74) is 0.218. The number of Topliss-reactive ketones (excluding diaryl/α,β-unsaturated/α-hetero) is 1. The highest BCUT2D eigenvalue weighted by Crippen LogP contribution is 2.24. The van der Waals surface area contributed by atoms with Gasteiger partial charge in [0.25, 0.3) is 0 Å². The second kappa shape index (κ2) is 5.29. The van der Waals surface area contributed by atoms with Crippen molar-refractivity contribution in [1.82, 2.24) is 4.31 Å². The fourth-order valence-corrected chi connectivity index (χ4v) is 3.68. The van der Waals surface area contributed by atoms with Crippen molar-refractivity contribution in [3.63, 3.8) is 0 Å². The monoisotopic (exact) mass is 298 g/mol. The SMILES string of the molecule is N#Cc1ccc(S(=O)(=O)N2CCCC(=O)C2)cc1Cl. The zero-order chi connectivity index (χ0) is 14.0. The van der Waals surface area contributed by atoms with Crippen LogP contribution in [0.15, 0.2) is 23.1 Å². The van der Waals surface area contributed by atoms with Crippen molar-refractivity contribution in [3.8, 4) is 6.07 Å². The zero-order valence-corrected chi connectivity index (χ0v) is 11.5. The summed E-state index contributed by atoms with van der Waals surface area (Å²) >= 11 is 5.83. The molecule has 0 radical (unpaired) electrons. The number of piperidine rings is 1. The van der Waals surface area contributed by atoms with Crippen LogP contribution in [-0.2, 0) is 14.8 Å². The third-order valence-corrected chi connectivity index (χ3v) is 5.07. The maximum Gasteiger partial charge on any atom is 0.243 e.